The van der Waals surface area contributed by atoms with Crippen LogP contribution in [0, 0.1) is 5.92 Å². The molecule has 0 aromatic carbocycles. The molecular formula is C8H9NOS. The summed E-state index contributed by atoms with van der Waals surface area (Å²) in [6.45, 7) is 0. The van der Waals surface area contributed by atoms with E-state index in [4.69, 9.17) is 0 Å². The first kappa shape index (κ1) is 7.10. The van der Waals surface area contributed by atoms with E-state index in [9.17, 15) is 4.79 Å². The van der Waals surface area contributed by atoms with Gasteiger partial charge in [0, 0.05) is 12.0 Å². The molecule has 3 heteroatoms. The van der Waals surface area contributed by atoms with Crippen LogP contribution in [-0.4, -0.2) is 16.7 Å². The molecule has 1 fully saturated rings. The lowest BCUT2D eigenvalue weighted by molar-refractivity contribution is -0.113. The molecule has 58 valence electrons. The van der Waals surface area contributed by atoms with Crippen molar-refractivity contribution in [2.24, 2.45) is 10.9 Å². The van der Waals surface area contributed by atoms with Crippen LogP contribution in [0.4, 0.5) is 0 Å². The average Bonchev–Trinajstić information content (AvgIpc) is 2.31. The molecule has 2 aliphatic heterocycles. The van der Waals surface area contributed by atoms with Gasteiger partial charge in [-0.1, -0.05) is 6.08 Å². The highest BCUT2D eigenvalue weighted by atomic mass is 32.2. The van der Waals surface area contributed by atoms with E-state index in [1.165, 1.54) is 6.42 Å². The number of allylic oxidation sites excluding steroid dienone is 1. The lowest BCUT2D eigenvalue weighted by atomic mass is 10.0. The van der Waals surface area contributed by atoms with Gasteiger partial charge in [-0.15, -0.1) is 11.8 Å². The molecule has 1 amide bonds. The van der Waals surface area contributed by atoms with Gasteiger partial charge < -0.3 is 0 Å². The number of carbonyl (C=O) groups is 1. The molecule has 0 N–H and O–H groups in total. The van der Waals surface area contributed by atoms with Gasteiger partial charge in [-0.25, -0.2) is 4.99 Å². The maximum atomic E-state index is 10.9. The standard InChI is InChI=1S/C8H9NOS/c10-7-3-1-2-6-4-5-11-8(6)9-7/h1,3,6H,2,4-5H2. The largest absolute Gasteiger partial charge is 0.270 e. The fourth-order valence-corrected chi connectivity index (χ4v) is 2.58. The van der Waals surface area contributed by atoms with E-state index < -0.39 is 0 Å². The Morgan fingerprint density at radius 1 is 1.64 bits per heavy atom. The molecule has 2 nitrogen and oxygen atoms in total. The first-order chi connectivity index (χ1) is 5.36. The predicted molar refractivity (Wildman–Crippen MR) is 46.8 cm³/mol. The predicted octanol–water partition coefficient (Wildman–Crippen LogP) is 1.62. The van der Waals surface area contributed by atoms with Crippen molar-refractivity contribution in [3.8, 4) is 0 Å². The van der Waals surface area contributed by atoms with Gasteiger partial charge in [0.1, 0.15) is 0 Å². The number of fused-ring (bicyclic) bond motifs is 1. The minimum atomic E-state index is -0.0862. The van der Waals surface area contributed by atoms with Crippen LogP contribution >= 0.6 is 11.8 Å². The van der Waals surface area contributed by atoms with Crippen molar-refractivity contribution >= 4 is 22.7 Å². The van der Waals surface area contributed by atoms with E-state index in [-0.39, 0.29) is 5.91 Å². The third-order valence-corrected chi connectivity index (χ3v) is 3.13. The normalized spacial score (nSPS) is 29.6. The van der Waals surface area contributed by atoms with Crippen LogP contribution < -0.4 is 0 Å². The molecule has 1 atom stereocenters. The maximum Gasteiger partial charge on any atom is 0.270 e. The second kappa shape index (κ2) is 2.81. The van der Waals surface area contributed by atoms with E-state index in [0.29, 0.717) is 5.92 Å². The Morgan fingerprint density at radius 2 is 2.55 bits per heavy atom. The van der Waals surface area contributed by atoms with Crippen LogP contribution in [0.3, 0.4) is 0 Å². The first-order valence-corrected chi connectivity index (χ1v) is 4.77. The highest BCUT2D eigenvalue weighted by Crippen LogP contribution is 2.31. The summed E-state index contributed by atoms with van der Waals surface area (Å²) < 4.78 is 0. The van der Waals surface area contributed by atoms with E-state index in [1.54, 1.807) is 17.8 Å². The van der Waals surface area contributed by atoms with Gasteiger partial charge in [0.25, 0.3) is 5.91 Å². The zero-order valence-corrected chi connectivity index (χ0v) is 6.93. The third-order valence-electron chi connectivity index (χ3n) is 1.97. The second-order valence-corrected chi connectivity index (χ2v) is 3.88. The number of rotatable bonds is 0. The molecule has 0 radical (unpaired) electrons. The van der Waals surface area contributed by atoms with E-state index in [1.807, 2.05) is 6.08 Å². The molecule has 2 aliphatic rings. The molecule has 1 saturated heterocycles. The zero-order chi connectivity index (χ0) is 7.68. The van der Waals surface area contributed by atoms with Crippen molar-refractivity contribution in [3.63, 3.8) is 0 Å². The highest BCUT2D eigenvalue weighted by Gasteiger charge is 2.24. The van der Waals surface area contributed by atoms with Crippen LogP contribution in [0.15, 0.2) is 17.1 Å². The Balaban J connectivity index is 2.27. The third kappa shape index (κ3) is 1.38. The minimum Gasteiger partial charge on any atom is -0.267 e. The first-order valence-electron chi connectivity index (χ1n) is 3.78. The molecule has 0 spiro atoms. The Kier molecular flexibility index (Phi) is 1.82. The Bertz CT molecular complexity index is 244. The SMILES string of the molecule is O=C1C=CCC2CCSC2=N1. The molecule has 0 aliphatic carbocycles. The number of thioether (sulfide) groups is 1. The average molecular weight is 167 g/mol. The van der Waals surface area contributed by atoms with Crippen molar-refractivity contribution in [1.82, 2.24) is 0 Å². The summed E-state index contributed by atoms with van der Waals surface area (Å²) in [6, 6.07) is 0. The minimum absolute atomic E-state index is 0.0862. The van der Waals surface area contributed by atoms with Crippen LogP contribution in [-0.2, 0) is 4.79 Å². The quantitative estimate of drug-likeness (QED) is 0.548. The fourth-order valence-electron chi connectivity index (χ4n) is 1.37. The Labute approximate surface area is 69.8 Å². The molecule has 0 bridgehead atoms. The maximum absolute atomic E-state index is 10.9. The van der Waals surface area contributed by atoms with Crippen LogP contribution in [0.1, 0.15) is 12.8 Å². The lowest BCUT2D eigenvalue weighted by Crippen LogP contribution is -2.02. The van der Waals surface area contributed by atoms with Crippen molar-refractivity contribution in [2.45, 2.75) is 12.8 Å². The van der Waals surface area contributed by atoms with Crippen molar-refractivity contribution in [2.75, 3.05) is 5.75 Å². The Morgan fingerprint density at radius 3 is 3.45 bits per heavy atom. The summed E-state index contributed by atoms with van der Waals surface area (Å²) in [5.41, 5.74) is 0. The van der Waals surface area contributed by atoms with Crippen LogP contribution in [0.5, 0.6) is 0 Å². The topological polar surface area (TPSA) is 29.4 Å². The molecule has 11 heavy (non-hydrogen) atoms. The van der Waals surface area contributed by atoms with Gasteiger partial charge in [0.15, 0.2) is 0 Å². The Hall–Kier alpha value is -0.570. The zero-order valence-electron chi connectivity index (χ0n) is 6.12. The van der Waals surface area contributed by atoms with Crippen molar-refractivity contribution in [1.29, 1.82) is 0 Å². The summed E-state index contributed by atoms with van der Waals surface area (Å²) in [7, 11) is 0. The summed E-state index contributed by atoms with van der Waals surface area (Å²) in [6.07, 6.45) is 5.69. The number of hydrogen-bond donors (Lipinski definition) is 0. The molecule has 2 heterocycles. The summed E-state index contributed by atoms with van der Waals surface area (Å²) >= 11 is 1.73. The molecular weight excluding hydrogens is 158 g/mol. The van der Waals surface area contributed by atoms with Gasteiger partial charge in [0.2, 0.25) is 0 Å². The van der Waals surface area contributed by atoms with Crippen LogP contribution in [0.25, 0.3) is 0 Å². The number of amides is 1. The summed E-state index contributed by atoms with van der Waals surface area (Å²) in [4.78, 5) is 14.9. The van der Waals surface area contributed by atoms with Crippen molar-refractivity contribution < 1.29 is 4.79 Å². The summed E-state index contributed by atoms with van der Waals surface area (Å²) in [5, 5.41) is 1.06. The van der Waals surface area contributed by atoms with E-state index >= 15 is 0 Å². The smallest absolute Gasteiger partial charge is 0.267 e. The highest BCUT2D eigenvalue weighted by molar-refractivity contribution is 8.14. The molecule has 0 saturated carbocycles. The van der Waals surface area contributed by atoms with Gasteiger partial charge in [0.05, 0.1) is 5.04 Å². The second-order valence-electron chi connectivity index (χ2n) is 2.76. The number of nitrogens with zero attached hydrogens (tertiary/aromatic N) is 1. The number of aliphatic imine (C=N–C) groups is 1. The van der Waals surface area contributed by atoms with Gasteiger partial charge >= 0.3 is 0 Å². The molecule has 0 aromatic rings. The number of carbonyl (C=O) groups excluding carboxylic acids is 1. The van der Waals surface area contributed by atoms with Crippen molar-refractivity contribution in [3.05, 3.63) is 12.2 Å². The van der Waals surface area contributed by atoms with E-state index in [0.717, 1.165) is 17.2 Å². The fraction of sp³-hybridized carbons (Fsp3) is 0.500. The monoisotopic (exact) mass is 167 g/mol. The van der Waals surface area contributed by atoms with Crippen LogP contribution in [0.2, 0.25) is 0 Å². The van der Waals surface area contributed by atoms with Gasteiger partial charge in [-0.2, -0.15) is 0 Å². The molecule has 0 aromatic heterocycles. The summed E-state index contributed by atoms with van der Waals surface area (Å²) in [5.74, 6) is 1.59. The van der Waals surface area contributed by atoms with Gasteiger partial charge in [-0.05, 0) is 18.6 Å². The molecule has 1 unspecified atom stereocenters. The molecule has 2 rings (SSSR count). The van der Waals surface area contributed by atoms with Gasteiger partial charge in [-0.3, -0.25) is 4.79 Å². The lowest BCUT2D eigenvalue weighted by Gasteiger charge is -2.02. The number of hydrogen-bond acceptors (Lipinski definition) is 2. The van der Waals surface area contributed by atoms with E-state index in [2.05, 4.69) is 4.99 Å².